The first kappa shape index (κ1) is 11.9. The van der Waals surface area contributed by atoms with Gasteiger partial charge in [0.25, 0.3) is 0 Å². The van der Waals surface area contributed by atoms with Crippen LogP contribution in [0.2, 0.25) is 0 Å². The van der Waals surface area contributed by atoms with Gasteiger partial charge < -0.3 is 4.74 Å². The second-order valence-corrected chi connectivity index (χ2v) is 4.29. The van der Waals surface area contributed by atoms with E-state index in [2.05, 4.69) is 12.2 Å². The first-order valence-corrected chi connectivity index (χ1v) is 6.27. The number of hydrogen-bond acceptors (Lipinski definition) is 2. The van der Waals surface area contributed by atoms with Gasteiger partial charge in [-0.2, -0.15) is 0 Å². The molecule has 0 spiro atoms. The highest BCUT2D eigenvalue weighted by molar-refractivity contribution is 5.98. The van der Waals surface area contributed by atoms with Gasteiger partial charge in [0.15, 0.2) is 5.78 Å². The molecule has 1 aromatic rings. The zero-order chi connectivity index (χ0) is 12.1. The molecule has 0 saturated heterocycles. The fraction of sp³-hybridized carbons (Fsp3) is 0.400. The van der Waals surface area contributed by atoms with Gasteiger partial charge in [-0.25, -0.2) is 0 Å². The Labute approximate surface area is 102 Å². The summed E-state index contributed by atoms with van der Waals surface area (Å²) in [6.07, 6.45) is 8.20. The van der Waals surface area contributed by atoms with E-state index in [-0.39, 0.29) is 11.9 Å². The largest absolute Gasteiger partial charge is 0.486 e. The van der Waals surface area contributed by atoms with Crippen LogP contribution in [0.1, 0.15) is 43.0 Å². The molecule has 2 heteroatoms. The molecular weight excluding hydrogens is 212 g/mol. The van der Waals surface area contributed by atoms with Crippen LogP contribution >= 0.6 is 0 Å². The Morgan fingerprint density at radius 1 is 1.41 bits per heavy atom. The molecule has 0 radical (unpaired) electrons. The molecule has 0 aromatic heterocycles. The molecule has 17 heavy (non-hydrogen) atoms. The van der Waals surface area contributed by atoms with Crippen LogP contribution in [0.3, 0.4) is 0 Å². The molecule has 2 nitrogen and oxygen atoms in total. The van der Waals surface area contributed by atoms with Gasteiger partial charge in [-0.3, -0.25) is 4.79 Å². The number of carbonyl (C=O) groups excluding carboxylic acids is 1. The predicted molar refractivity (Wildman–Crippen MR) is 68.5 cm³/mol. The predicted octanol–water partition coefficient (Wildman–Crippen LogP) is 3.77. The van der Waals surface area contributed by atoms with Crippen LogP contribution in [0.25, 0.3) is 0 Å². The Morgan fingerprint density at radius 2 is 2.24 bits per heavy atom. The molecule has 1 aliphatic carbocycles. The molecule has 2 rings (SSSR count). The number of carbonyl (C=O) groups is 1. The number of ether oxygens (including phenoxy) is 1. The molecular formula is C15H18O2. The van der Waals surface area contributed by atoms with Crippen LogP contribution in [0.15, 0.2) is 36.4 Å². The summed E-state index contributed by atoms with van der Waals surface area (Å²) in [5, 5.41) is 0. The number of allylic oxidation sites excluding steroid dienone is 1. The van der Waals surface area contributed by atoms with Gasteiger partial charge in [0.05, 0.1) is 5.56 Å². The Balaban J connectivity index is 2.17. The van der Waals surface area contributed by atoms with E-state index >= 15 is 0 Å². The normalized spacial score (nSPS) is 19.0. The molecule has 1 aliphatic rings. The maximum atomic E-state index is 11.8. The Hall–Kier alpha value is -1.57. The lowest BCUT2D eigenvalue weighted by Crippen LogP contribution is -2.17. The first-order valence-electron chi connectivity index (χ1n) is 6.27. The first-order chi connectivity index (χ1) is 8.31. The third kappa shape index (κ3) is 2.96. The van der Waals surface area contributed by atoms with Gasteiger partial charge in [0.1, 0.15) is 11.9 Å². The minimum absolute atomic E-state index is 0.120. The monoisotopic (exact) mass is 230 g/mol. The summed E-state index contributed by atoms with van der Waals surface area (Å²) in [4.78, 5) is 11.8. The fourth-order valence-corrected chi connectivity index (χ4v) is 2.03. The van der Waals surface area contributed by atoms with Crippen LogP contribution in [-0.2, 0) is 0 Å². The van der Waals surface area contributed by atoms with E-state index in [0.29, 0.717) is 12.0 Å². The second kappa shape index (κ2) is 5.67. The minimum Gasteiger partial charge on any atom is -0.486 e. The maximum absolute atomic E-state index is 11.8. The van der Waals surface area contributed by atoms with E-state index in [4.69, 9.17) is 4.74 Å². The average Bonchev–Trinajstić information content (AvgIpc) is 2.40. The minimum atomic E-state index is 0.120. The standard InChI is InChI=1S/C15H18O2/c1-2-14(16)13-10-6-7-11-15(13)17-12-8-4-3-5-9-12/h4,6-8,10-12H,2-3,5,9H2,1H3. The maximum Gasteiger partial charge on any atom is 0.166 e. The van der Waals surface area contributed by atoms with Gasteiger partial charge in [0, 0.05) is 6.42 Å². The van der Waals surface area contributed by atoms with E-state index in [9.17, 15) is 4.79 Å². The van der Waals surface area contributed by atoms with Crippen molar-refractivity contribution in [2.75, 3.05) is 0 Å². The number of ketones is 1. The molecule has 0 saturated carbocycles. The molecule has 0 aliphatic heterocycles. The van der Waals surface area contributed by atoms with Crippen molar-refractivity contribution in [2.45, 2.75) is 38.7 Å². The molecule has 90 valence electrons. The molecule has 0 amide bonds. The molecule has 0 fully saturated rings. The zero-order valence-corrected chi connectivity index (χ0v) is 10.2. The van der Waals surface area contributed by atoms with E-state index in [0.717, 1.165) is 25.0 Å². The number of para-hydroxylation sites is 1. The molecule has 0 N–H and O–H groups in total. The molecule has 1 aromatic carbocycles. The average molecular weight is 230 g/mol. The van der Waals surface area contributed by atoms with Crippen molar-refractivity contribution < 1.29 is 9.53 Å². The van der Waals surface area contributed by atoms with Crippen LogP contribution in [0.5, 0.6) is 5.75 Å². The van der Waals surface area contributed by atoms with Crippen molar-refractivity contribution in [1.82, 2.24) is 0 Å². The second-order valence-electron chi connectivity index (χ2n) is 4.29. The van der Waals surface area contributed by atoms with Crippen molar-refractivity contribution in [1.29, 1.82) is 0 Å². The summed E-state index contributed by atoms with van der Waals surface area (Å²) in [7, 11) is 0. The SMILES string of the molecule is CCC(=O)c1ccccc1OC1C=CCCC1. The van der Waals surface area contributed by atoms with Gasteiger partial charge in [0.2, 0.25) is 0 Å². The van der Waals surface area contributed by atoms with Crippen LogP contribution < -0.4 is 4.74 Å². The summed E-state index contributed by atoms with van der Waals surface area (Å²) in [6.45, 7) is 1.87. The third-order valence-electron chi connectivity index (χ3n) is 3.00. The quantitative estimate of drug-likeness (QED) is 0.581. The lowest BCUT2D eigenvalue weighted by Gasteiger charge is -2.20. The van der Waals surface area contributed by atoms with Crippen molar-refractivity contribution in [2.24, 2.45) is 0 Å². The van der Waals surface area contributed by atoms with Crippen LogP contribution in [0, 0.1) is 0 Å². The van der Waals surface area contributed by atoms with E-state index in [1.165, 1.54) is 0 Å². The Kier molecular flexibility index (Phi) is 3.97. The lowest BCUT2D eigenvalue weighted by atomic mass is 10.0. The van der Waals surface area contributed by atoms with E-state index in [1.54, 1.807) is 0 Å². The summed E-state index contributed by atoms with van der Waals surface area (Å²) in [6, 6.07) is 7.51. The van der Waals surface area contributed by atoms with Crippen molar-refractivity contribution >= 4 is 5.78 Å². The fourth-order valence-electron chi connectivity index (χ4n) is 2.03. The van der Waals surface area contributed by atoms with E-state index < -0.39 is 0 Å². The van der Waals surface area contributed by atoms with Crippen molar-refractivity contribution in [3.8, 4) is 5.75 Å². The molecule has 1 atom stereocenters. The molecule has 0 bridgehead atoms. The number of hydrogen-bond donors (Lipinski definition) is 0. The van der Waals surface area contributed by atoms with Crippen LogP contribution in [-0.4, -0.2) is 11.9 Å². The lowest BCUT2D eigenvalue weighted by molar-refractivity contribution is 0.0982. The van der Waals surface area contributed by atoms with Gasteiger partial charge >= 0.3 is 0 Å². The Bertz CT molecular complexity index is 421. The summed E-state index contributed by atoms with van der Waals surface area (Å²) < 4.78 is 5.90. The number of Topliss-reactive ketones (excluding diaryl/α,β-unsaturated/α-hetero) is 1. The third-order valence-corrected chi connectivity index (χ3v) is 3.00. The highest BCUT2D eigenvalue weighted by Crippen LogP contribution is 2.24. The number of benzene rings is 1. The topological polar surface area (TPSA) is 26.3 Å². The van der Waals surface area contributed by atoms with Gasteiger partial charge in [-0.05, 0) is 37.5 Å². The number of rotatable bonds is 4. The Morgan fingerprint density at radius 3 is 2.94 bits per heavy atom. The summed E-state index contributed by atoms with van der Waals surface area (Å²) >= 11 is 0. The van der Waals surface area contributed by atoms with Gasteiger partial charge in [-0.1, -0.05) is 25.1 Å². The van der Waals surface area contributed by atoms with Crippen molar-refractivity contribution in [3.63, 3.8) is 0 Å². The van der Waals surface area contributed by atoms with Crippen molar-refractivity contribution in [3.05, 3.63) is 42.0 Å². The van der Waals surface area contributed by atoms with Gasteiger partial charge in [-0.15, -0.1) is 0 Å². The molecule has 0 heterocycles. The highest BCUT2D eigenvalue weighted by Gasteiger charge is 2.14. The highest BCUT2D eigenvalue weighted by atomic mass is 16.5. The molecule has 1 unspecified atom stereocenters. The van der Waals surface area contributed by atoms with E-state index in [1.807, 2.05) is 31.2 Å². The summed E-state index contributed by atoms with van der Waals surface area (Å²) in [5.74, 6) is 0.858. The zero-order valence-electron chi connectivity index (χ0n) is 10.2. The van der Waals surface area contributed by atoms with Crippen LogP contribution in [0.4, 0.5) is 0 Å². The smallest absolute Gasteiger partial charge is 0.166 e. The summed E-state index contributed by atoms with van der Waals surface area (Å²) in [5.41, 5.74) is 0.703.